The Balaban J connectivity index is 2.42. The molecule has 1 aromatic carbocycles. The molecule has 2 rings (SSSR count). The predicted octanol–water partition coefficient (Wildman–Crippen LogP) is 3.77. The molecule has 0 aliphatic heterocycles. The second kappa shape index (κ2) is 6.95. The molecule has 2 aromatic rings. The molecule has 0 aliphatic carbocycles. The Bertz CT molecular complexity index is 656. The highest BCUT2D eigenvalue weighted by Crippen LogP contribution is 2.21. The number of carbonyl (C=O) groups excluding carboxylic acids is 1. The van der Waals surface area contributed by atoms with E-state index in [0.29, 0.717) is 17.4 Å². The van der Waals surface area contributed by atoms with Gasteiger partial charge in [-0.3, -0.25) is 4.79 Å². The highest BCUT2D eigenvalue weighted by atomic mass is 16.1. The number of fused-ring (bicyclic) bond motifs is 1. The van der Waals surface area contributed by atoms with Gasteiger partial charge in [0.15, 0.2) is 0 Å². The molecule has 4 nitrogen and oxygen atoms in total. The smallest absolute Gasteiger partial charge is 0.248 e. The SMILES string of the molecule is CC(C)CCc1nc2ccc(C(N)=O)cc2n1CCC(C)C. The van der Waals surface area contributed by atoms with Crippen molar-refractivity contribution < 1.29 is 4.79 Å². The van der Waals surface area contributed by atoms with Crippen LogP contribution in [0, 0.1) is 11.8 Å². The molecule has 1 amide bonds. The summed E-state index contributed by atoms with van der Waals surface area (Å²) in [4.78, 5) is 16.2. The summed E-state index contributed by atoms with van der Waals surface area (Å²) < 4.78 is 2.27. The topological polar surface area (TPSA) is 60.9 Å². The molecule has 0 unspecified atom stereocenters. The van der Waals surface area contributed by atoms with Crippen molar-refractivity contribution in [3.8, 4) is 0 Å². The summed E-state index contributed by atoms with van der Waals surface area (Å²) in [5.41, 5.74) is 7.94. The lowest BCUT2D eigenvalue weighted by Crippen LogP contribution is -2.11. The number of hydrogen-bond donors (Lipinski definition) is 1. The second-order valence-electron chi connectivity index (χ2n) is 6.86. The summed E-state index contributed by atoms with van der Waals surface area (Å²) in [5.74, 6) is 2.02. The average Bonchev–Trinajstić information content (AvgIpc) is 2.79. The van der Waals surface area contributed by atoms with Crippen molar-refractivity contribution in [2.75, 3.05) is 0 Å². The number of hydrogen-bond acceptors (Lipinski definition) is 2. The number of rotatable bonds is 7. The van der Waals surface area contributed by atoms with Crippen LogP contribution in [0.2, 0.25) is 0 Å². The molecule has 1 heterocycles. The van der Waals surface area contributed by atoms with Crippen molar-refractivity contribution in [1.29, 1.82) is 0 Å². The van der Waals surface area contributed by atoms with Crippen LogP contribution >= 0.6 is 0 Å². The minimum absolute atomic E-state index is 0.387. The van der Waals surface area contributed by atoms with E-state index < -0.39 is 0 Å². The van der Waals surface area contributed by atoms with E-state index in [0.717, 1.165) is 42.7 Å². The van der Waals surface area contributed by atoms with Gasteiger partial charge in [-0.15, -0.1) is 0 Å². The predicted molar refractivity (Wildman–Crippen MR) is 90.9 cm³/mol. The van der Waals surface area contributed by atoms with Crippen LogP contribution in [-0.2, 0) is 13.0 Å². The Labute approximate surface area is 132 Å². The van der Waals surface area contributed by atoms with Crippen LogP contribution in [0.5, 0.6) is 0 Å². The van der Waals surface area contributed by atoms with E-state index in [1.165, 1.54) is 0 Å². The lowest BCUT2D eigenvalue weighted by atomic mass is 10.1. The minimum Gasteiger partial charge on any atom is -0.366 e. The molecule has 22 heavy (non-hydrogen) atoms. The van der Waals surface area contributed by atoms with Crippen LogP contribution in [0.1, 0.15) is 56.7 Å². The average molecular weight is 301 g/mol. The Morgan fingerprint density at radius 3 is 2.45 bits per heavy atom. The van der Waals surface area contributed by atoms with Crippen LogP contribution in [0.4, 0.5) is 0 Å². The first-order valence-electron chi connectivity index (χ1n) is 8.17. The number of amides is 1. The minimum atomic E-state index is -0.387. The van der Waals surface area contributed by atoms with Crippen molar-refractivity contribution >= 4 is 16.9 Å². The quantitative estimate of drug-likeness (QED) is 0.846. The molecule has 2 N–H and O–H groups in total. The van der Waals surface area contributed by atoms with Gasteiger partial charge in [0.2, 0.25) is 5.91 Å². The maximum Gasteiger partial charge on any atom is 0.248 e. The fourth-order valence-electron chi connectivity index (χ4n) is 2.57. The van der Waals surface area contributed by atoms with Crippen LogP contribution < -0.4 is 5.73 Å². The zero-order valence-corrected chi connectivity index (χ0v) is 14.1. The molecule has 0 spiro atoms. The fourth-order valence-corrected chi connectivity index (χ4v) is 2.57. The van der Waals surface area contributed by atoms with E-state index in [1.807, 2.05) is 12.1 Å². The fraction of sp³-hybridized carbons (Fsp3) is 0.556. The third-order valence-electron chi connectivity index (χ3n) is 3.99. The second-order valence-corrected chi connectivity index (χ2v) is 6.86. The summed E-state index contributed by atoms with van der Waals surface area (Å²) in [7, 11) is 0. The van der Waals surface area contributed by atoms with E-state index in [4.69, 9.17) is 10.7 Å². The first-order chi connectivity index (χ1) is 10.4. The van der Waals surface area contributed by atoms with Crippen molar-refractivity contribution in [3.63, 3.8) is 0 Å². The monoisotopic (exact) mass is 301 g/mol. The van der Waals surface area contributed by atoms with E-state index in [-0.39, 0.29) is 5.91 Å². The molecule has 0 saturated heterocycles. The number of aromatic nitrogens is 2. The normalized spacial score (nSPS) is 11.7. The summed E-state index contributed by atoms with van der Waals surface area (Å²) in [6.45, 7) is 9.84. The van der Waals surface area contributed by atoms with Crippen molar-refractivity contribution in [2.24, 2.45) is 17.6 Å². The highest BCUT2D eigenvalue weighted by molar-refractivity contribution is 5.96. The van der Waals surface area contributed by atoms with Crippen LogP contribution in [0.3, 0.4) is 0 Å². The van der Waals surface area contributed by atoms with Gasteiger partial charge in [-0.1, -0.05) is 27.7 Å². The van der Waals surface area contributed by atoms with Gasteiger partial charge >= 0.3 is 0 Å². The number of primary amides is 1. The maximum atomic E-state index is 11.4. The molecule has 0 bridgehead atoms. The lowest BCUT2D eigenvalue weighted by molar-refractivity contribution is 0.100. The number of imidazole rings is 1. The van der Waals surface area contributed by atoms with Crippen molar-refractivity contribution in [1.82, 2.24) is 9.55 Å². The van der Waals surface area contributed by atoms with Gasteiger partial charge < -0.3 is 10.3 Å². The lowest BCUT2D eigenvalue weighted by Gasteiger charge is -2.12. The molecular weight excluding hydrogens is 274 g/mol. The summed E-state index contributed by atoms with van der Waals surface area (Å²) in [6.07, 6.45) is 3.19. The van der Waals surface area contributed by atoms with Crippen molar-refractivity contribution in [3.05, 3.63) is 29.6 Å². The maximum absolute atomic E-state index is 11.4. The molecule has 120 valence electrons. The summed E-state index contributed by atoms with van der Waals surface area (Å²) >= 11 is 0. The van der Waals surface area contributed by atoms with Gasteiger partial charge in [0.25, 0.3) is 0 Å². The number of nitrogens with zero attached hydrogens (tertiary/aromatic N) is 2. The number of aryl methyl sites for hydroxylation is 2. The van der Waals surface area contributed by atoms with E-state index >= 15 is 0 Å². The molecule has 1 aromatic heterocycles. The largest absolute Gasteiger partial charge is 0.366 e. The Hall–Kier alpha value is -1.84. The molecule has 0 radical (unpaired) electrons. The third-order valence-corrected chi connectivity index (χ3v) is 3.99. The number of nitrogens with two attached hydrogens (primary N) is 1. The number of carbonyl (C=O) groups is 1. The Kier molecular flexibility index (Phi) is 5.22. The molecule has 4 heteroatoms. The zero-order valence-electron chi connectivity index (χ0n) is 14.1. The summed E-state index contributed by atoms with van der Waals surface area (Å²) in [6, 6.07) is 5.54. The standard InChI is InChI=1S/C18H27N3O/c1-12(2)5-8-17-20-15-7-6-14(18(19)22)11-16(15)21(17)10-9-13(3)4/h6-7,11-13H,5,8-10H2,1-4H3,(H2,19,22). The van der Waals surface area contributed by atoms with Crippen LogP contribution in [0.15, 0.2) is 18.2 Å². The molecule has 0 aliphatic rings. The highest BCUT2D eigenvalue weighted by Gasteiger charge is 2.13. The van der Waals surface area contributed by atoms with Gasteiger partial charge in [-0.25, -0.2) is 4.98 Å². The van der Waals surface area contributed by atoms with Crippen LogP contribution in [-0.4, -0.2) is 15.5 Å². The third kappa shape index (κ3) is 3.87. The van der Waals surface area contributed by atoms with Gasteiger partial charge in [-0.2, -0.15) is 0 Å². The van der Waals surface area contributed by atoms with E-state index in [2.05, 4.69) is 32.3 Å². The molecule has 0 atom stereocenters. The molecule has 0 saturated carbocycles. The van der Waals surface area contributed by atoms with Gasteiger partial charge in [0, 0.05) is 18.5 Å². The zero-order chi connectivity index (χ0) is 16.3. The molecule has 0 fully saturated rings. The van der Waals surface area contributed by atoms with Gasteiger partial charge in [0.05, 0.1) is 11.0 Å². The van der Waals surface area contributed by atoms with Crippen LogP contribution in [0.25, 0.3) is 11.0 Å². The van der Waals surface area contributed by atoms with E-state index in [9.17, 15) is 4.79 Å². The van der Waals surface area contributed by atoms with Gasteiger partial charge in [-0.05, 0) is 42.9 Å². The molecular formula is C18H27N3O. The number of benzene rings is 1. The Morgan fingerprint density at radius 1 is 1.18 bits per heavy atom. The first-order valence-corrected chi connectivity index (χ1v) is 8.17. The van der Waals surface area contributed by atoms with Gasteiger partial charge in [0.1, 0.15) is 5.82 Å². The summed E-state index contributed by atoms with van der Waals surface area (Å²) in [5, 5.41) is 0. The first kappa shape index (κ1) is 16.5. The Morgan fingerprint density at radius 2 is 1.86 bits per heavy atom. The van der Waals surface area contributed by atoms with E-state index in [1.54, 1.807) is 6.07 Å². The van der Waals surface area contributed by atoms with Crippen molar-refractivity contribution in [2.45, 2.75) is 53.5 Å².